The summed E-state index contributed by atoms with van der Waals surface area (Å²) in [6.45, 7) is 2.54. The number of nitrogens with two attached hydrogens (primary N) is 1. The number of carbonyl (C=O) groups is 4. The standard InChI is InChI=1S/C24H32N4O2.C4H4O4/c1-27(2)17-15-26-23(30)28-16-9-14-21(18-28)24(22(25)29,19-10-5-3-6-11-19)20-12-7-4-8-13-20;5-3(6)1-2-4(7)8/h3-8,10-13,21H,9,14-18H2,1-2H3,(H2,25,29)(H,26,30);1-2H,(H,5,6)(H,7,8)/b;2-1+. The van der Waals surface area contributed by atoms with E-state index in [0.29, 0.717) is 31.8 Å². The van der Waals surface area contributed by atoms with Crippen molar-refractivity contribution in [2.45, 2.75) is 18.3 Å². The van der Waals surface area contributed by atoms with Gasteiger partial charge in [-0.1, -0.05) is 60.7 Å². The van der Waals surface area contributed by atoms with Gasteiger partial charge in [0, 0.05) is 38.3 Å². The third-order valence-electron chi connectivity index (χ3n) is 6.37. The highest BCUT2D eigenvalue weighted by atomic mass is 16.4. The second-order valence-corrected chi connectivity index (χ2v) is 9.23. The summed E-state index contributed by atoms with van der Waals surface area (Å²) in [6.07, 6.45) is 2.78. The fraction of sp³-hybridized carbons (Fsp3) is 0.357. The molecule has 0 aliphatic carbocycles. The zero-order chi connectivity index (χ0) is 28.1. The number of aliphatic carboxylic acids is 2. The minimum atomic E-state index is -1.26. The van der Waals surface area contributed by atoms with Crippen LogP contribution in [0, 0.1) is 5.92 Å². The van der Waals surface area contributed by atoms with Gasteiger partial charge in [-0.15, -0.1) is 0 Å². The molecule has 5 N–H and O–H groups in total. The first kappa shape index (κ1) is 30.0. The van der Waals surface area contributed by atoms with E-state index < -0.39 is 17.4 Å². The predicted molar refractivity (Wildman–Crippen MR) is 144 cm³/mol. The lowest BCUT2D eigenvalue weighted by molar-refractivity contribution is -0.134. The maximum Gasteiger partial charge on any atom is 0.328 e. The number of likely N-dealkylation sites (N-methyl/N-ethyl adjacent to an activating group) is 1. The van der Waals surface area contributed by atoms with Crippen molar-refractivity contribution in [3.63, 3.8) is 0 Å². The number of carboxylic acid groups (broad SMARTS) is 2. The lowest BCUT2D eigenvalue weighted by Crippen LogP contribution is -2.56. The maximum absolute atomic E-state index is 13.1. The molecule has 1 unspecified atom stereocenters. The van der Waals surface area contributed by atoms with Crippen LogP contribution in [0.3, 0.4) is 0 Å². The van der Waals surface area contributed by atoms with Crippen molar-refractivity contribution in [1.29, 1.82) is 0 Å². The van der Waals surface area contributed by atoms with Crippen LogP contribution in [0.5, 0.6) is 0 Å². The molecular formula is C28H36N4O6. The molecule has 10 heteroatoms. The van der Waals surface area contributed by atoms with E-state index >= 15 is 0 Å². The average Bonchev–Trinajstić information content (AvgIpc) is 2.89. The lowest BCUT2D eigenvalue weighted by Gasteiger charge is -2.44. The second kappa shape index (κ2) is 14.5. The highest BCUT2D eigenvalue weighted by Crippen LogP contribution is 2.43. The molecule has 1 saturated heterocycles. The molecule has 1 aliphatic heterocycles. The van der Waals surface area contributed by atoms with E-state index in [2.05, 4.69) is 5.32 Å². The van der Waals surface area contributed by atoms with E-state index in [-0.39, 0.29) is 17.9 Å². The van der Waals surface area contributed by atoms with Gasteiger partial charge in [0.2, 0.25) is 5.91 Å². The monoisotopic (exact) mass is 524 g/mol. The van der Waals surface area contributed by atoms with Crippen molar-refractivity contribution in [3.05, 3.63) is 83.9 Å². The number of primary amides is 1. The van der Waals surface area contributed by atoms with Crippen LogP contribution in [0.15, 0.2) is 72.8 Å². The van der Waals surface area contributed by atoms with Crippen molar-refractivity contribution in [1.82, 2.24) is 15.1 Å². The Kier molecular flexibility index (Phi) is 11.5. The van der Waals surface area contributed by atoms with E-state index in [9.17, 15) is 19.2 Å². The Morgan fingerprint density at radius 1 is 0.974 bits per heavy atom. The van der Waals surface area contributed by atoms with Crippen molar-refractivity contribution in [2.75, 3.05) is 40.3 Å². The molecule has 2 aromatic carbocycles. The summed E-state index contributed by atoms with van der Waals surface area (Å²) in [5.74, 6) is -2.99. The molecule has 1 atom stereocenters. The molecule has 38 heavy (non-hydrogen) atoms. The minimum Gasteiger partial charge on any atom is -0.478 e. The number of hydrogen-bond acceptors (Lipinski definition) is 5. The normalized spacial score (nSPS) is 15.4. The lowest BCUT2D eigenvalue weighted by atomic mass is 9.63. The first-order chi connectivity index (χ1) is 18.1. The van der Waals surface area contributed by atoms with Crippen LogP contribution < -0.4 is 11.1 Å². The Hall–Kier alpha value is -4.18. The van der Waals surface area contributed by atoms with Crippen LogP contribution in [0.4, 0.5) is 4.79 Å². The first-order valence-corrected chi connectivity index (χ1v) is 12.3. The van der Waals surface area contributed by atoms with Crippen molar-refractivity contribution in [3.8, 4) is 0 Å². The van der Waals surface area contributed by atoms with Gasteiger partial charge in [-0.25, -0.2) is 14.4 Å². The van der Waals surface area contributed by atoms with Gasteiger partial charge in [0.15, 0.2) is 0 Å². The molecule has 0 radical (unpaired) electrons. The van der Waals surface area contributed by atoms with Crippen molar-refractivity contribution < 1.29 is 29.4 Å². The largest absolute Gasteiger partial charge is 0.478 e. The van der Waals surface area contributed by atoms with Crippen LogP contribution in [0.25, 0.3) is 0 Å². The zero-order valence-corrected chi connectivity index (χ0v) is 21.7. The quantitative estimate of drug-likeness (QED) is 0.367. The van der Waals surface area contributed by atoms with Crippen molar-refractivity contribution >= 4 is 23.9 Å². The van der Waals surface area contributed by atoms with Gasteiger partial charge in [-0.3, -0.25) is 4.79 Å². The number of rotatable bonds is 9. The van der Waals surface area contributed by atoms with E-state index in [1.807, 2.05) is 84.6 Å². The summed E-state index contributed by atoms with van der Waals surface area (Å²) >= 11 is 0. The predicted octanol–water partition coefficient (Wildman–Crippen LogP) is 2.15. The molecule has 1 aliphatic rings. The van der Waals surface area contributed by atoms with E-state index in [1.54, 1.807) is 0 Å². The number of nitrogens with zero attached hydrogens (tertiary/aromatic N) is 2. The van der Waals surface area contributed by atoms with Gasteiger partial charge in [0.05, 0.1) is 0 Å². The van der Waals surface area contributed by atoms with E-state index in [1.165, 1.54) is 0 Å². The van der Waals surface area contributed by atoms with Gasteiger partial charge in [-0.05, 0) is 44.0 Å². The number of benzene rings is 2. The summed E-state index contributed by atoms with van der Waals surface area (Å²) in [5, 5.41) is 18.6. The van der Waals surface area contributed by atoms with Gasteiger partial charge in [0.25, 0.3) is 0 Å². The van der Waals surface area contributed by atoms with Crippen LogP contribution in [-0.4, -0.2) is 84.2 Å². The topological polar surface area (TPSA) is 153 Å². The highest BCUT2D eigenvalue weighted by molar-refractivity contribution is 5.91. The average molecular weight is 525 g/mol. The molecule has 3 amide bonds. The smallest absolute Gasteiger partial charge is 0.328 e. The van der Waals surface area contributed by atoms with Crippen LogP contribution in [0.1, 0.15) is 24.0 Å². The number of urea groups is 1. The number of likely N-dealkylation sites (tertiary alicyclic amines) is 1. The molecule has 0 saturated carbocycles. The summed E-state index contributed by atoms with van der Waals surface area (Å²) < 4.78 is 0. The molecule has 204 valence electrons. The summed E-state index contributed by atoms with van der Waals surface area (Å²) in [5.41, 5.74) is 6.91. The number of carboxylic acids is 2. The first-order valence-electron chi connectivity index (χ1n) is 12.3. The third-order valence-corrected chi connectivity index (χ3v) is 6.37. The molecular weight excluding hydrogens is 488 g/mol. The van der Waals surface area contributed by atoms with Gasteiger partial charge in [-0.2, -0.15) is 0 Å². The summed E-state index contributed by atoms with van der Waals surface area (Å²) in [7, 11) is 3.95. The maximum atomic E-state index is 13.1. The van der Waals surface area contributed by atoms with Crippen LogP contribution in [-0.2, 0) is 19.8 Å². The number of amides is 3. The van der Waals surface area contributed by atoms with Gasteiger partial charge >= 0.3 is 18.0 Å². The summed E-state index contributed by atoms with van der Waals surface area (Å²) in [4.78, 5) is 48.9. The Morgan fingerprint density at radius 2 is 1.47 bits per heavy atom. The number of hydrogen-bond donors (Lipinski definition) is 4. The molecule has 2 aromatic rings. The Morgan fingerprint density at radius 3 is 1.89 bits per heavy atom. The molecule has 3 rings (SSSR count). The number of piperidine rings is 1. The number of nitrogens with one attached hydrogen (secondary N) is 1. The molecule has 10 nitrogen and oxygen atoms in total. The molecule has 1 fully saturated rings. The second-order valence-electron chi connectivity index (χ2n) is 9.23. The van der Waals surface area contributed by atoms with Crippen LogP contribution in [0.2, 0.25) is 0 Å². The molecule has 0 aromatic heterocycles. The summed E-state index contributed by atoms with van der Waals surface area (Å²) in [6, 6.07) is 19.4. The highest BCUT2D eigenvalue weighted by Gasteiger charge is 2.49. The van der Waals surface area contributed by atoms with E-state index in [0.717, 1.165) is 30.5 Å². The fourth-order valence-corrected chi connectivity index (χ4v) is 4.68. The van der Waals surface area contributed by atoms with Gasteiger partial charge in [0.1, 0.15) is 5.41 Å². The van der Waals surface area contributed by atoms with E-state index in [4.69, 9.17) is 15.9 Å². The third kappa shape index (κ3) is 8.17. The molecule has 1 heterocycles. The Balaban J connectivity index is 0.000000550. The van der Waals surface area contributed by atoms with Crippen LogP contribution >= 0.6 is 0 Å². The number of carbonyl (C=O) groups excluding carboxylic acids is 2. The molecule has 0 bridgehead atoms. The fourth-order valence-electron chi connectivity index (χ4n) is 4.68. The molecule has 0 spiro atoms. The SMILES string of the molecule is CN(C)CCNC(=O)N1CCCC(C(C(N)=O)(c2ccccc2)c2ccccc2)C1.O=C(O)/C=C/C(=O)O. The van der Waals surface area contributed by atoms with Crippen molar-refractivity contribution in [2.24, 2.45) is 11.7 Å². The van der Waals surface area contributed by atoms with Gasteiger partial charge < -0.3 is 31.1 Å². The minimum absolute atomic E-state index is 0.0824. The Labute approximate surface area is 222 Å². The Bertz CT molecular complexity index is 1050. The zero-order valence-electron chi connectivity index (χ0n) is 21.7.